The van der Waals surface area contributed by atoms with Crippen LogP contribution in [-0.2, 0) is 12.3 Å². The number of hydrogen-bond acceptors (Lipinski definition) is 2. The molecule has 0 aliphatic heterocycles. The Bertz CT molecular complexity index is 496. The lowest BCUT2D eigenvalue weighted by molar-refractivity contribution is 0.479. The highest BCUT2D eigenvalue weighted by atomic mass is 35.5. The lowest BCUT2D eigenvalue weighted by Crippen LogP contribution is -1.89. The Balaban J connectivity index is 2.08. The molecule has 0 saturated carbocycles. The van der Waals surface area contributed by atoms with Crippen LogP contribution < -0.4 is 4.74 Å². The van der Waals surface area contributed by atoms with Crippen molar-refractivity contribution in [3.05, 3.63) is 53.9 Å². The van der Waals surface area contributed by atoms with Crippen molar-refractivity contribution < 1.29 is 4.74 Å². The molecule has 0 fully saturated rings. The second-order valence-electron chi connectivity index (χ2n) is 4.16. The summed E-state index contributed by atoms with van der Waals surface area (Å²) in [6.07, 6.45) is 5.69. The molecule has 94 valence electrons. The van der Waals surface area contributed by atoms with Crippen molar-refractivity contribution in [1.29, 1.82) is 0 Å². The third-order valence-corrected chi connectivity index (χ3v) is 2.93. The molecule has 1 heterocycles. The summed E-state index contributed by atoms with van der Waals surface area (Å²) >= 11 is 5.76. The Morgan fingerprint density at radius 1 is 1.06 bits per heavy atom. The van der Waals surface area contributed by atoms with Crippen molar-refractivity contribution in [2.75, 3.05) is 0 Å². The maximum absolute atomic E-state index is 5.76. The predicted molar refractivity (Wildman–Crippen MR) is 74.3 cm³/mol. The van der Waals surface area contributed by atoms with E-state index in [9.17, 15) is 0 Å². The summed E-state index contributed by atoms with van der Waals surface area (Å²) in [6, 6.07) is 10.1. The standard InChI is InChI=1S/C15H16ClNO/c1-2-3-12-4-6-14(7-5-12)18-15-8-13(9-16)10-17-11-15/h4-8,10-11H,2-3,9H2,1H3. The van der Waals surface area contributed by atoms with Gasteiger partial charge in [-0.2, -0.15) is 0 Å². The zero-order chi connectivity index (χ0) is 12.8. The summed E-state index contributed by atoms with van der Waals surface area (Å²) in [5, 5.41) is 0. The van der Waals surface area contributed by atoms with Crippen LogP contribution in [-0.4, -0.2) is 4.98 Å². The minimum Gasteiger partial charge on any atom is -0.456 e. The summed E-state index contributed by atoms with van der Waals surface area (Å²) < 4.78 is 5.73. The average molecular weight is 262 g/mol. The molecule has 0 N–H and O–H groups in total. The van der Waals surface area contributed by atoms with E-state index in [1.165, 1.54) is 5.56 Å². The van der Waals surface area contributed by atoms with Gasteiger partial charge in [-0.05, 0) is 35.7 Å². The van der Waals surface area contributed by atoms with E-state index in [0.717, 1.165) is 29.9 Å². The first-order chi connectivity index (χ1) is 8.81. The van der Waals surface area contributed by atoms with Crippen LogP contribution in [0, 0.1) is 0 Å². The van der Waals surface area contributed by atoms with E-state index in [1.54, 1.807) is 12.4 Å². The summed E-state index contributed by atoms with van der Waals surface area (Å²) in [7, 11) is 0. The second kappa shape index (κ2) is 6.41. The Kier molecular flexibility index (Phi) is 4.59. The normalized spacial score (nSPS) is 10.3. The van der Waals surface area contributed by atoms with Crippen LogP contribution in [0.15, 0.2) is 42.7 Å². The molecule has 1 aromatic carbocycles. The van der Waals surface area contributed by atoms with Crippen molar-refractivity contribution in [3.8, 4) is 11.5 Å². The number of rotatable bonds is 5. The first-order valence-corrected chi connectivity index (χ1v) is 6.62. The minimum absolute atomic E-state index is 0.444. The van der Waals surface area contributed by atoms with Gasteiger partial charge in [-0.15, -0.1) is 11.6 Å². The second-order valence-corrected chi connectivity index (χ2v) is 4.43. The van der Waals surface area contributed by atoms with E-state index in [0.29, 0.717) is 5.88 Å². The molecule has 0 radical (unpaired) electrons. The largest absolute Gasteiger partial charge is 0.456 e. The van der Waals surface area contributed by atoms with Gasteiger partial charge in [0.15, 0.2) is 0 Å². The number of benzene rings is 1. The molecule has 1 aromatic heterocycles. The molecule has 0 aliphatic rings. The smallest absolute Gasteiger partial charge is 0.146 e. The third kappa shape index (κ3) is 3.47. The molecule has 18 heavy (non-hydrogen) atoms. The third-order valence-electron chi connectivity index (χ3n) is 2.62. The van der Waals surface area contributed by atoms with E-state index in [-0.39, 0.29) is 0 Å². The fraction of sp³-hybridized carbons (Fsp3) is 0.267. The molecule has 3 heteroatoms. The van der Waals surface area contributed by atoms with Gasteiger partial charge in [-0.1, -0.05) is 25.5 Å². The fourth-order valence-electron chi connectivity index (χ4n) is 1.74. The lowest BCUT2D eigenvalue weighted by Gasteiger charge is -2.07. The minimum atomic E-state index is 0.444. The number of pyridine rings is 1. The summed E-state index contributed by atoms with van der Waals surface area (Å²) in [5.74, 6) is 1.99. The molecule has 0 amide bonds. The molecule has 0 spiro atoms. The highest BCUT2D eigenvalue weighted by Crippen LogP contribution is 2.22. The number of ether oxygens (including phenoxy) is 1. The van der Waals surface area contributed by atoms with E-state index < -0.39 is 0 Å². The highest BCUT2D eigenvalue weighted by molar-refractivity contribution is 6.17. The molecule has 0 unspecified atom stereocenters. The Morgan fingerprint density at radius 2 is 1.83 bits per heavy atom. The lowest BCUT2D eigenvalue weighted by atomic mass is 10.1. The van der Waals surface area contributed by atoms with Gasteiger partial charge >= 0.3 is 0 Å². The van der Waals surface area contributed by atoms with E-state index in [4.69, 9.17) is 16.3 Å². The van der Waals surface area contributed by atoms with Crippen LogP contribution >= 0.6 is 11.6 Å². The van der Waals surface area contributed by atoms with Crippen molar-refractivity contribution in [3.63, 3.8) is 0 Å². The number of aryl methyl sites for hydroxylation is 1. The van der Waals surface area contributed by atoms with Gasteiger partial charge < -0.3 is 4.74 Å². The maximum Gasteiger partial charge on any atom is 0.146 e. The monoisotopic (exact) mass is 261 g/mol. The molecule has 2 rings (SSSR count). The number of hydrogen-bond donors (Lipinski definition) is 0. The van der Waals surface area contributed by atoms with Gasteiger partial charge in [0.25, 0.3) is 0 Å². The number of alkyl halides is 1. The zero-order valence-corrected chi connectivity index (χ0v) is 11.2. The van der Waals surface area contributed by atoms with Crippen LogP contribution in [0.2, 0.25) is 0 Å². The van der Waals surface area contributed by atoms with Gasteiger partial charge in [-0.25, -0.2) is 0 Å². The van der Waals surface area contributed by atoms with Crippen molar-refractivity contribution >= 4 is 11.6 Å². The van der Waals surface area contributed by atoms with Crippen molar-refractivity contribution in [2.24, 2.45) is 0 Å². The van der Waals surface area contributed by atoms with Gasteiger partial charge in [0.1, 0.15) is 11.5 Å². The predicted octanol–water partition coefficient (Wildman–Crippen LogP) is 4.57. The topological polar surface area (TPSA) is 22.1 Å². The SMILES string of the molecule is CCCc1ccc(Oc2cncc(CCl)c2)cc1. The molecule has 0 aliphatic carbocycles. The molecule has 0 saturated heterocycles. The van der Waals surface area contributed by atoms with Crippen LogP contribution in [0.1, 0.15) is 24.5 Å². The molecular weight excluding hydrogens is 246 g/mol. The summed E-state index contributed by atoms with van der Waals surface area (Å²) in [5.41, 5.74) is 2.29. The number of halogens is 1. The first kappa shape index (κ1) is 12.9. The summed E-state index contributed by atoms with van der Waals surface area (Å²) in [4.78, 5) is 4.09. The number of aromatic nitrogens is 1. The molecule has 0 bridgehead atoms. The molecule has 0 atom stereocenters. The van der Waals surface area contributed by atoms with Gasteiger partial charge in [0, 0.05) is 12.1 Å². The van der Waals surface area contributed by atoms with Gasteiger partial charge in [0.2, 0.25) is 0 Å². The Labute approximate surface area is 113 Å². The first-order valence-electron chi connectivity index (χ1n) is 6.08. The van der Waals surface area contributed by atoms with Gasteiger partial charge in [-0.3, -0.25) is 4.98 Å². The summed E-state index contributed by atoms with van der Waals surface area (Å²) in [6.45, 7) is 2.17. The molecule has 2 aromatic rings. The maximum atomic E-state index is 5.76. The van der Waals surface area contributed by atoms with Crippen LogP contribution in [0.4, 0.5) is 0 Å². The van der Waals surface area contributed by atoms with E-state index >= 15 is 0 Å². The van der Waals surface area contributed by atoms with Crippen LogP contribution in [0.5, 0.6) is 11.5 Å². The van der Waals surface area contributed by atoms with Crippen molar-refractivity contribution in [1.82, 2.24) is 4.98 Å². The highest BCUT2D eigenvalue weighted by Gasteiger charge is 2.00. The van der Waals surface area contributed by atoms with Crippen LogP contribution in [0.25, 0.3) is 0 Å². The zero-order valence-electron chi connectivity index (χ0n) is 10.4. The van der Waals surface area contributed by atoms with E-state index in [2.05, 4.69) is 24.0 Å². The van der Waals surface area contributed by atoms with E-state index in [1.807, 2.05) is 18.2 Å². The quantitative estimate of drug-likeness (QED) is 0.736. The molecular formula is C15H16ClNO. The van der Waals surface area contributed by atoms with Gasteiger partial charge in [0.05, 0.1) is 6.20 Å². The fourth-order valence-corrected chi connectivity index (χ4v) is 1.89. The Hall–Kier alpha value is -1.54. The van der Waals surface area contributed by atoms with Crippen molar-refractivity contribution in [2.45, 2.75) is 25.6 Å². The molecule has 2 nitrogen and oxygen atoms in total. The number of nitrogens with zero attached hydrogens (tertiary/aromatic N) is 1. The average Bonchev–Trinajstić information content (AvgIpc) is 2.42. The Morgan fingerprint density at radius 3 is 2.50 bits per heavy atom. The van der Waals surface area contributed by atoms with Crippen LogP contribution in [0.3, 0.4) is 0 Å².